The molecule has 170 valence electrons. The highest BCUT2D eigenvalue weighted by molar-refractivity contribution is 7.91. The number of aryl methyl sites for hydroxylation is 2. The Labute approximate surface area is 194 Å². The predicted octanol–water partition coefficient (Wildman–Crippen LogP) is 3.28. The van der Waals surface area contributed by atoms with Gasteiger partial charge in [0.05, 0.1) is 6.54 Å². The first-order chi connectivity index (χ1) is 15.8. The number of amides is 1. The van der Waals surface area contributed by atoms with Gasteiger partial charge in [-0.3, -0.25) is 10.1 Å². The Bertz CT molecular complexity index is 1410. The van der Waals surface area contributed by atoms with Crippen molar-refractivity contribution in [3.05, 3.63) is 71.1 Å². The van der Waals surface area contributed by atoms with Gasteiger partial charge >= 0.3 is 0 Å². The number of hydrogen-bond donors (Lipinski definition) is 1. The predicted molar refractivity (Wildman–Crippen MR) is 122 cm³/mol. The van der Waals surface area contributed by atoms with E-state index in [0.29, 0.717) is 11.4 Å². The van der Waals surface area contributed by atoms with Gasteiger partial charge in [0.15, 0.2) is 0 Å². The first-order valence-corrected chi connectivity index (χ1v) is 12.1. The summed E-state index contributed by atoms with van der Waals surface area (Å²) in [6.07, 6.45) is 0. The Balaban J connectivity index is 1.47. The van der Waals surface area contributed by atoms with Crippen LogP contribution in [0.3, 0.4) is 0 Å². The quantitative estimate of drug-likeness (QED) is 0.395. The molecule has 0 unspecified atom stereocenters. The van der Waals surface area contributed by atoms with Crippen LogP contribution in [0.1, 0.15) is 27.4 Å². The number of nitrogens with zero attached hydrogens (tertiary/aromatic N) is 5. The lowest BCUT2D eigenvalue weighted by Gasteiger charge is -2.11. The van der Waals surface area contributed by atoms with Crippen LogP contribution in [0.4, 0.5) is 5.13 Å². The Morgan fingerprint density at radius 2 is 1.76 bits per heavy atom. The van der Waals surface area contributed by atoms with Crippen molar-refractivity contribution in [2.45, 2.75) is 24.7 Å². The van der Waals surface area contributed by atoms with Crippen LogP contribution in [0, 0.1) is 13.8 Å². The van der Waals surface area contributed by atoms with Gasteiger partial charge in [-0.15, -0.1) is 10.2 Å². The zero-order valence-corrected chi connectivity index (χ0v) is 19.6. The molecule has 4 aromatic rings. The lowest BCUT2D eigenvalue weighted by Crippen LogP contribution is -2.26. The molecule has 33 heavy (non-hydrogen) atoms. The van der Waals surface area contributed by atoms with Gasteiger partial charge in [0.2, 0.25) is 21.2 Å². The van der Waals surface area contributed by atoms with E-state index in [4.69, 9.17) is 4.52 Å². The number of nitrogens with one attached hydrogen (secondary N) is 1. The fraction of sp³-hybridized carbons (Fsp3) is 0.190. The highest BCUT2D eigenvalue weighted by Gasteiger charge is 2.28. The van der Waals surface area contributed by atoms with E-state index in [-0.39, 0.29) is 21.9 Å². The van der Waals surface area contributed by atoms with Crippen LogP contribution in [0.2, 0.25) is 0 Å². The van der Waals surface area contributed by atoms with E-state index in [1.807, 2.05) is 50.2 Å². The molecular weight excluding hydrogens is 464 g/mol. The summed E-state index contributed by atoms with van der Waals surface area (Å²) >= 11 is 0.761. The number of benzene rings is 2. The monoisotopic (exact) mass is 484 g/mol. The Morgan fingerprint density at radius 3 is 2.48 bits per heavy atom. The maximum atomic E-state index is 12.9. The summed E-state index contributed by atoms with van der Waals surface area (Å²) in [5.41, 5.74) is 3.03. The average molecular weight is 485 g/mol. The average Bonchev–Trinajstić information content (AvgIpc) is 3.44. The van der Waals surface area contributed by atoms with E-state index in [9.17, 15) is 13.2 Å². The van der Waals surface area contributed by atoms with E-state index in [1.54, 1.807) is 12.1 Å². The molecule has 2 aromatic carbocycles. The standard InChI is InChI=1S/C21H20N6O4S2/c1-13-8-4-6-10-15(13)18-22-17(31-26-18)12-27(3)33(29,30)21-25-24-20(32-21)23-19(28)16-11-7-5-9-14(16)2/h4-11H,12H2,1-3H3,(H,23,24,28). The fourth-order valence-electron chi connectivity index (χ4n) is 3.02. The maximum Gasteiger partial charge on any atom is 0.272 e. The van der Waals surface area contributed by atoms with E-state index in [0.717, 1.165) is 32.3 Å². The molecule has 0 aliphatic rings. The summed E-state index contributed by atoms with van der Waals surface area (Å²) in [5, 5.41) is 14.2. The molecule has 0 spiro atoms. The van der Waals surface area contributed by atoms with Gasteiger partial charge in [-0.2, -0.15) is 9.29 Å². The van der Waals surface area contributed by atoms with Gasteiger partial charge in [0.25, 0.3) is 15.9 Å². The summed E-state index contributed by atoms with van der Waals surface area (Å²) in [7, 11) is -2.61. The van der Waals surface area contributed by atoms with Crippen molar-refractivity contribution in [2.75, 3.05) is 12.4 Å². The van der Waals surface area contributed by atoms with Crippen molar-refractivity contribution in [2.24, 2.45) is 0 Å². The third-order valence-electron chi connectivity index (χ3n) is 4.86. The Morgan fingerprint density at radius 1 is 1.06 bits per heavy atom. The van der Waals surface area contributed by atoms with Crippen molar-refractivity contribution in [3.8, 4) is 11.4 Å². The van der Waals surface area contributed by atoms with Crippen molar-refractivity contribution >= 4 is 32.4 Å². The van der Waals surface area contributed by atoms with Gasteiger partial charge in [0.1, 0.15) is 0 Å². The molecule has 0 aliphatic carbocycles. The van der Waals surface area contributed by atoms with Crippen molar-refractivity contribution in [3.63, 3.8) is 0 Å². The second kappa shape index (κ2) is 9.17. The number of rotatable bonds is 7. The summed E-state index contributed by atoms with van der Waals surface area (Å²) in [4.78, 5) is 16.8. The normalized spacial score (nSPS) is 11.6. The maximum absolute atomic E-state index is 12.9. The number of hydrogen-bond acceptors (Lipinski definition) is 9. The molecule has 0 atom stereocenters. The molecule has 12 heteroatoms. The van der Waals surface area contributed by atoms with Gasteiger partial charge in [-0.1, -0.05) is 59.0 Å². The van der Waals surface area contributed by atoms with Gasteiger partial charge in [0, 0.05) is 18.2 Å². The van der Waals surface area contributed by atoms with Crippen molar-refractivity contribution in [1.82, 2.24) is 24.6 Å². The topological polar surface area (TPSA) is 131 Å². The number of carbonyl (C=O) groups is 1. The molecule has 2 aromatic heterocycles. The van der Waals surface area contributed by atoms with E-state index >= 15 is 0 Å². The highest BCUT2D eigenvalue weighted by atomic mass is 32.2. The second-order valence-electron chi connectivity index (χ2n) is 7.23. The fourth-order valence-corrected chi connectivity index (χ4v) is 5.22. The minimum absolute atomic E-state index is 0.0786. The second-order valence-corrected chi connectivity index (χ2v) is 10.4. The van der Waals surface area contributed by atoms with Gasteiger partial charge < -0.3 is 4.52 Å². The third-order valence-corrected chi connectivity index (χ3v) is 7.85. The first-order valence-electron chi connectivity index (χ1n) is 9.81. The van der Waals surface area contributed by atoms with Crippen LogP contribution in [0.25, 0.3) is 11.4 Å². The molecule has 0 fully saturated rings. The lowest BCUT2D eigenvalue weighted by molar-refractivity contribution is 0.102. The minimum Gasteiger partial charge on any atom is -0.338 e. The van der Waals surface area contributed by atoms with Crippen LogP contribution in [0.5, 0.6) is 0 Å². The Hall–Kier alpha value is -3.48. The molecule has 0 radical (unpaired) electrons. The van der Waals surface area contributed by atoms with Crippen molar-refractivity contribution in [1.29, 1.82) is 0 Å². The smallest absolute Gasteiger partial charge is 0.272 e. The molecule has 0 saturated heterocycles. The molecule has 1 amide bonds. The number of anilines is 1. The van der Waals surface area contributed by atoms with E-state index < -0.39 is 15.9 Å². The lowest BCUT2D eigenvalue weighted by atomic mass is 10.1. The summed E-state index contributed by atoms with van der Waals surface area (Å²) < 4.78 is 31.9. The van der Waals surface area contributed by atoms with Crippen molar-refractivity contribution < 1.29 is 17.7 Å². The van der Waals surface area contributed by atoms with Crippen LogP contribution >= 0.6 is 11.3 Å². The number of sulfonamides is 1. The zero-order valence-electron chi connectivity index (χ0n) is 18.0. The van der Waals surface area contributed by atoms with Crippen LogP contribution in [-0.4, -0.2) is 46.0 Å². The molecule has 0 aliphatic heterocycles. The number of aromatic nitrogens is 4. The molecule has 2 heterocycles. The Kier molecular flexibility index (Phi) is 6.31. The first kappa shape index (κ1) is 22.7. The highest BCUT2D eigenvalue weighted by Crippen LogP contribution is 2.25. The SMILES string of the molecule is Cc1ccccc1C(=O)Nc1nnc(S(=O)(=O)N(C)Cc2nc(-c3ccccc3C)no2)s1. The van der Waals surface area contributed by atoms with Gasteiger partial charge in [-0.25, -0.2) is 8.42 Å². The zero-order chi connectivity index (χ0) is 23.6. The summed E-state index contributed by atoms with van der Waals surface area (Å²) in [6.45, 7) is 3.58. The molecule has 1 N–H and O–H groups in total. The third kappa shape index (κ3) is 4.82. The molecular formula is C21H20N6O4S2. The van der Waals surface area contributed by atoms with Gasteiger partial charge in [-0.05, 0) is 31.0 Å². The molecule has 0 saturated carbocycles. The molecule has 10 nitrogen and oxygen atoms in total. The molecule has 4 rings (SSSR count). The summed E-state index contributed by atoms with van der Waals surface area (Å²) in [5.74, 6) is 0.124. The number of carbonyl (C=O) groups excluding carboxylic acids is 1. The largest absolute Gasteiger partial charge is 0.338 e. The van der Waals surface area contributed by atoms with Crippen LogP contribution in [-0.2, 0) is 16.6 Å². The van der Waals surface area contributed by atoms with E-state index in [1.165, 1.54) is 7.05 Å². The van der Waals surface area contributed by atoms with E-state index in [2.05, 4.69) is 25.7 Å². The van der Waals surface area contributed by atoms with Crippen LogP contribution < -0.4 is 5.32 Å². The summed E-state index contributed by atoms with van der Waals surface area (Å²) in [6, 6.07) is 14.6. The minimum atomic E-state index is -3.99. The molecule has 0 bridgehead atoms. The van der Waals surface area contributed by atoms with Crippen LogP contribution in [0.15, 0.2) is 57.4 Å².